The fraction of sp³-hybridized carbons (Fsp3) is 0.778. The molecule has 0 aliphatic rings. The first-order valence-electron chi connectivity index (χ1n) is 14.3. The summed E-state index contributed by atoms with van der Waals surface area (Å²) < 4.78 is 62.2. The van der Waals surface area contributed by atoms with E-state index in [1.165, 1.54) is 0 Å². The number of methoxy groups -OCH3 is 6. The zero-order chi connectivity index (χ0) is 36.8. The maximum absolute atomic E-state index is 12.0. The molecule has 0 aliphatic carbocycles. The first kappa shape index (κ1) is 47.7. The van der Waals surface area contributed by atoms with E-state index in [9.17, 15) is 28.8 Å². The van der Waals surface area contributed by atoms with Crippen LogP contribution < -0.4 is 0 Å². The lowest BCUT2D eigenvalue weighted by Crippen LogP contribution is -2.59. The van der Waals surface area contributed by atoms with Crippen LogP contribution in [0.15, 0.2) is 0 Å². The van der Waals surface area contributed by atoms with Gasteiger partial charge in [0.2, 0.25) is 17.3 Å². The van der Waals surface area contributed by atoms with Crippen molar-refractivity contribution in [2.45, 2.75) is 78.7 Å². The third kappa shape index (κ3) is 16.2. The Bertz CT molecular complexity index is 871. The van der Waals surface area contributed by atoms with E-state index in [-0.39, 0.29) is 37.2 Å². The van der Waals surface area contributed by atoms with E-state index < -0.39 is 65.6 Å². The van der Waals surface area contributed by atoms with Crippen molar-refractivity contribution in [2.24, 2.45) is 0 Å². The minimum atomic E-state index is -3.80. The summed E-state index contributed by atoms with van der Waals surface area (Å²) in [7, 11) is 6.79. The molecule has 0 aromatic carbocycles. The lowest BCUT2D eigenvalue weighted by Gasteiger charge is -2.37. The largest absolute Gasteiger partial charge is 0.917 e. The predicted molar refractivity (Wildman–Crippen MR) is 161 cm³/mol. The van der Waals surface area contributed by atoms with Gasteiger partial charge in [-0.2, -0.15) is 0 Å². The standard InChI is InChI=1S/3C5H9O4.3C4H7O2.2Al/c3*1-4(6)5(7,8-2)9-3;3*1-2-4(6)3-5;;/h3*1-3H3;3*2-3H2,1H3;;/q6*-1;2*+3. The van der Waals surface area contributed by atoms with E-state index in [0.29, 0.717) is 19.3 Å². The fourth-order valence-electron chi connectivity index (χ4n) is 3.04. The molecule has 0 aliphatic heterocycles. The summed E-state index contributed by atoms with van der Waals surface area (Å²) in [6.07, 6.45) is 1.09. The highest BCUT2D eigenvalue weighted by atomic mass is 27.3. The molecule has 0 atom stereocenters. The van der Waals surface area contributed by atoms with Gasteiger partial charge in [-0.15, -0.1) is 0 Å². The molecule has 0 bridgehead atoms. The van der Waals surface area contributed by atoms with Crippen LogP contribution in [-0.2, 0) is 79.9 Å². The maximum atomic E-state index is 12.0. The van der Waals surface area contributed by atoms with Crippen molar-refractivity contribution in [3.63, 3.8) is 0 Å². The van der Waals surface area contributed by atoms with Crippen LogP contribution in [0.3, 0.4) is 0 Å². The molecule has 0 amide bonds. The second kappa shape index (κ2) is 24.7. The number of Topliss-reactive ketones (excluding diaryl/α,β-unsaturated/α-hetero) is 6. The van der Waals surface area contributed by atoms with Gasteiger partial charge in [0.15, 0.2) is 17.3 Å². The molecule has 20 heteroatoms. The molecule has 0 N–H and O–H groups in total. The van der Waals surface area contributed by atoms with Crippen molar-refractivity contribution in [3.05, 3.63) is 0 Å². The van der Waals surface area contributed by atoms with E-state index in [1.807, 2.05) is 0 Å². The predicted octanol–water partition coefficient (Wildman–Crippen LogP) is 0.586. The fourth-order valence-corrected chi connectivity index (χ4v) is 6.27. The number of carbonyl (C=O) groups excluding carboxylic acids is 6. The van der Waals surface area contributed by atoms with E-state index >= 15 is 0 Å². The van der Waals surface area contributed by atoms with Crippen molar-refractivity contribution in [1.29, 1.82) is 0 Å². The summed E-state index contributed by atoms with van der Waals surface area (Å²) in [5.74, 6) is -9.15. The van der Waals surface area contributed by atoms with Crippen LogP contribution in [0.2, 0.25) is 0 Å². The van der Waals surface area contributed by atoms with Gasteiger partial charge in [-0.25, -0.2) is 0 Å². The van der Waals surface area contributed by atoms with Gasteiger partial charge in [0, 0.05) is 82.7 Å². The van der Waals surface area contributed by atoms with Crippen molar-refractivity contribution in [1.82, 2.24) is 0 Å². The molecule has 0 heterocycles. The summed E-state index contributed by atoms with van der Waals surface area (Å²) in [5, 5.41) is 0. The first-order valence-corrected chi connectivity index (χ1v) is 17.1. The Hall–Kier alpha value is -1.40. The SMILES string of the molecule is CCC(=O)C[O][Al]([O]CC(=O)CC)[O]CC(=O)CC.COC(OC)([O][Al]([O]C(OC)(OC)C(C)=O)[O]C(OC)(OC)C(C)=O)C(C)=O. The van der Waals surface area contributed by atoms with Crippen molar-refractivity contribution in [2.75, 3.05) is 62.5 Å². The maximum Gasteiger partial charge on any atom is 0.917 e. The van der Waals surface area contributed by atoms with Crippen molar-refractivity contribution in [3.8, 4) is 0 Å². The molecule has 47 heavy (non-hydrogen) atoms. The molecule has 18 nitrogen and oxygen atoms in total. The van der Waals surface area contributed by atoms with Crippen LogP contribution in [0.4, 0.5) is 0 Å². The molecular weight excluding hydrogens is 666 g/mol. The van der Waals surface area contributed by atoms with Gasteiger partial charge in [-0.1, -0.05) is 20.8 Å². The van der Waals surface area contributed by atoms with Crippen LogP contribution in [0.5, 0.6) is 0 Å². The Labute approximate surface area is 285 Å². The number of hydrogen-bond acceptors (Lipinski definition) is 18. The van der Waals surface area contributed by atoms with Gasteiger partial charge in [0.05, 0.1) is 19.8 Å². The molecule has 0 saturated carbocycles. The van der Waals surface area contributed by atoms with Crippen molar-refractivity contribution >= 4 is 65.0 Å². The Morgan fingerprint density at radius 1 is 0.426 bits per heavy atom. The van der Waals surface area contributed by atoms with E-state index in [1.54, 1.807) is 20.8 Å². The van der Waals surface area contributed by atoms with Gasteiger partial charge in [0.1, 0.15) is 0 Å². The van der Waals surface area contributed by atoms with Gasteiger partial charge in [-0.05, 0) is 0 Å². The second-order valence-electron chi connectivity index (χ2n) is 9.10. The third-order valence-electron chi connectivity index (χ3n) is 5.98. The van der Waals surface area contributed by atoms with Gasteiger partial charge in [-0.3, -0.25) is 28.8 Å². The smallest absolute Gasteiger partial charge is 0.448 e. The van der Waals surface area contributed by atoms with Crippen LogP contribution in [-0.4, -0.2) is 145 Å². The average Bonchev–Trinajstić information content (AvgIpc) is 3.07. The first-order chi connectivity index (χ1) is 22.0. The normalized spacial score (nSPS) is 11.7. The average molecular weight is 715 g/mol. The summed E-state index contributed by atoms with van der Waals surface area (Å²) in [6, 6.07) is 0. The zero-order valence-corrected chi connectivity index (χ0v) is 31.6. The van der Waals surface area contributed by atoms with Crippen LogP contribution in [0, 0.1) is 0 Å². The number of ether oxygens (including phenoxy) is 6. The molecule has 0 fully saturated rings. The summed E-state index contributed by atoms with van der Waals surface area (Å²) in [4.78, 5) is 69.5. The topological polar surface area (TPSA) is 213 Å². The monoisotopic (exact) mass is 714 g/mol. The van der Waals surface area contributed by atoms with E-state index in [2.05, 4.69) is 0 Å². The molecule has 0 radical (unpaired) electrons. The van der Waals surface area contributed by atoms with Gasteiger partial charge < -0.3 is 51.2 Å². The lowest BCUT2D eigenvalue weighted by atomic mass is 10.3. The summed E-state index contributed by atoms with van der Waals surface area (Å²) >= 11 is -6.40. The molecular formula is C27H48Al2O18. The third-order valence-corrected chi connectivity index (χ3v) is 8.81. The lowest BCUT2D eigenvalue weighted by molar-refractivity contribution is -0.361. The molecule has 0 rings (SSSR count). The van der Waals surface area contributed by atoms with Crippen molar-refractivity contribution < 1.29 is 79.9 Å². The molecule has 270 valence electrons. The van der Waals surface area contributed by atoms with Gasteiger partial charge >= 0.3 is 48.2 Å². The van der Waals surface area contributed by atoms with E-state index in [0.717, 1.165) is 63.4 Å². The molecule has 0 aromatic heterocycles. The highest BCUT2D eigenvalue weighted by Gasteiger charge is 2.58. The number of hydrogen-bond donors (Lipinski definition) is 0. The van der Waals surface area contributed by atoms with Crippen LogP contribution in [0.25, 0.3) is 0 Å². The second-order valence-corrected chi connectivity index (χ2v) is 12.0. The Balaban J connectivity index is 0. The number of ketones is 6. The minimum Gasteiger partial charge on any atom is -0.448 e. The van der Waals surface area contributed by atoms with Crippen LogP contribution in [0.1, 0.15) is 60.8 Å². The Morgan fingerprint density at radius 2 is 0.638 bits per heavy atom. The number of carbonyl (C=O) groups is 6. The Morgan fingerprint density at radius 3 is 0.787 bits per heavy atom. The van der Waals surface area contributed by atoms with Crippen LogP contribution >= 0.6 is 0 Å². The molecule has 0 unspecified atom stereocenters. The van der Waals surface area contributed by atoms with Gasteiger partial charge in [0.25, 0.3) is 0 Å². The quantitative estimate of drug-likeness (QED) is 0.0841. The number of rotatable bonds is 27. The van der Waals surface area contributed by atoms with E-state index in [4.69, 9.17) is 51.2 Å². The summed E-state index contributed by atoms with van der Waals surface area (Å²) in [6.45, 7) is 8.23. The molecule has 0 spiro atoms. The zero-order valence-electron chi connectivity index (χ0n) is 29.2. The highest BCUT2D eigenvalue weighted by molar-refractivity contribution is 6.38. The minimum absolute atomic E-state index is 0.0756. The highest BCUT2D eigenvalue weighted by Crippen LogP contribution is 2.26. The summed E-state index contributed by atoms with van der Waals surface area (Å²) in [5.41, 5.74) is 0. The molecule has 0 saturated heterocycles. The Kier molecular flexibility index (Phi) is 25.1. The molecule has 0 aromatic rings.